The van der Waals surface area contributed by atoms with Gasteiger partial charge in [0.25, 0.3) is 10.0 Å². The summed E-state index contributed by atoms with van der Waals surface area (Å²) in [5.74, 6) is 0.271. The van der Waals surface area contributed by atoms with E-state index in [0.29, 0.717) is 17.5 Å². The van der Waals surface area contributed by atoms with Crippen LogP contribution in [0.1, 0.15) is 12.8 Å². The maximum atomic E-state index is 12.8. The van der Waals surface area contributed by atoms with Crippen molar-refractivity contribution in [3.63, 3.8) is 0 Å². The van der Waals surface area contributed by atoms with E-state index in [1.165, 1.54) is 30.5 Å². The third-order valence-electron chi connectivity index (χ3n) is 4.28. The van der Waals surface area contributed by atoms with Gasteiger partial charge in [-0.25, -0.2) is 13.4 Å². The second-order valence-electron chi connectivity index (χ2n) is 6.92. The van der Waals surface area contributed by atoms with Crippen LogP contribution in [0.4, 0.5) is 23.1 Å². The fraction of sp³-hybridized carbons (Fsp3) is 0.333. The summed E-state index contributed by atoms with van der Waals surface area (Å²) in [6.07, 6.45) is 1.73. The number of benzene rings is 1. The number of hydrogen-bond donors (Lipinski definition) is 1. The average Bonchev–Trinajstić information content (AvgIpc) is 3.00. The Morgan fingerprint density at radius 1 is 0.966 bits per heavy atom. The van der Waals surface area contributed by atoms with Gasteiger partial charge in [-0.05, 0) is 24.3 Å². The zero-order chi connectivity index (χ0) is 21.3. The van der Waals surface area contributed by atoms with Crippen molar-refractivity contribution in [3.8, 4) is 0 Å². The number of nitrogens with one attached hydrogen (secondary N) is 1. The van der Waals surface area contributed by atoms with Gasteiger partial charge in [0.15, 0.2) is 5.82 Å². The van der Waals surface area contributed by atoms with E-state index in [0.717, 1.165) is 4.90 Å². The molecule has 1 aliphatic heterocycles. The lowest BCUT2D eigenvalue weighted by molar-refractivity contribution is -0.121. The largest absolute Gasteiger partial charge is 0.361 e. The first-order valence-electron chi connectivity index (χ1n) is 8.80. The van der Waals surface area contributed by atoms with Crippen LogP contribution in [0.3, 0.4) is 0 Å². The van der Waals surface area contributed by atoms with E-state index in [-0.39, 0.29) is 35.2 Å². The predicted molar refractivity (Wildman–Crippen MR) is 110 cm³/mol. The maximum Gasteiger partial charge on any atom is 0.262 e. The van der Waals surface area contributed by atoms with Gasteiger partial charge in [0.05, 0.1) is 16.8 Å². The highest BCUT2D eigenvalue weighted by molar-refractivity contribution is 7.92. The molecule has 1 aliphatic rings. The highest BCUT2D eigenvalue weighted by atomic mass is 32.2. The minimum atomic E-state index is -3.93. The summed E-state index contributed by atoms with van der Waals surface area (Å²) in [4.78, 5) is 36.7. The van der Waals surface area contributed by atoms with E-state index < -0.39 is 10.0 Å². The summed E-state index contributed by atoms with van der Waals surface area (Å²) < 4.78 is 28.1. The molecule has 11 heteroatoms. The van der Waals surface area contributed by atoms with Crippen LogP contribution in [0.5, 0.6) is 0 Å². The molecular formula is C18H22N6O4S. The van der Waals surface area contributed by atoms with Gasteiger partial charge >= 0.3 is 0 Å². The van der Waals surface area contributed by atoms with Crippen LogP contribution in [-0.4, -0.2) is 58.4 Å². The predicted octanol–water partition coefficient (Wildman–Crippen LogP) is 1.06. The van der Waals surface area contributed by atoms with Gasteiger partial charge in [-0.15, -0.1) is 0 Å². The number of carbonyl (C=O) groups excluding carboxylic acids is 2. The lowest BCUT2D eigenvalue weighted by atomic mass is 10.3. The zero-order valence-electron chi connectivity index (χ0n) is 16.6. The second-order valence-corrected chi connectivity index (χ2v) is 8.60. The minimum Gasteiger partial charge on any atom is -0.361 e. The Morgan fingerprint density at radius 2 is 1.55 bits per heavy atom. The molecule has 1 saturated heterocycles. The fourth-order valence-corrected chi connectivity index (χ4v) is 3.88. The van der Waals surface area contributed by atoms with Crippen LogP contribution < -0.4 is 19.4 Å². The molecule has 2 heterocycles. The minimum absolute atomic E-state index is 0.0123. The van der Waals surface area contributed by atoms with Gasteiger partial charge < -0.3 is 9.80 Å². The standard InChI is InChI=1S/C18H22N6O4S/c1-22(2)17-14(11-19-18(20-17)23(3)4)21-29(27,28)13-7-5-12(6-8-13)24-15(25)9-10-16(24)26/h5-8,11,21H,9-10H2,1-4H3. The molecule has 0 atom stereocenters. The normalized spacial score (nSPS) is 14.3. The fourth-order valence-electron chi connectivity index (χ4n) is 2.83. The number of carbonyl (C=O) groups is 2. The molecule has 0 aliphatic carbocycles. The number of nitrogens with zero attached hydrogens (tertiary/aromatic N) is 5. The molecule has 1 aromatic heterocycles. The SMILES string of the molecule is CN(C)c1ncc(NS(=O)(=O)c2ccc(N3C(=O)CCC3=O)cc2)c(N(C)C)n1. The monoisotopic (exact) mass is 418 g/mol. The zero-order valence-corrected chi connectivity index (χ0v) is 17.4. The van der Waals surface area contributed by atoms with E-state index in [9.17, 15) is 18.0 Å². The van der Waals surface area contributed by atoms with E-state index in [4.69, 9.17) is 0 Å². The Hall–Kier alpha value is -3.21. The number of sulfonamides is 1. The Morgan fingerprint density at radius 3 is 2.07 bits per heavy atom. The molecular weight excluding hydrogens is 396 g/mol. The summed E-state index contributed by atoms with van der Waals surface area (Å²) in [6, 6.07) is 5.57. The molecule has 1 aromatic carbocycles. The van der Waals surface area contributed by atoms with Gasteiger partial charge in [0, 0.05) is 41.0 Å². The van der Waals surface area contributed by atoms with Gasteiger partial charge in [-0.3, -0.25) is 19.2 Å². The maximum absolute atomic E-state index is 12.8. The Kier molecular flexibility index (Phi) is 5.42. The van der Waals surface area contributed by atoms with Crippen molar-refractivity contribution < 1.29 is 18.0 Å². The summed E-state index contributed by atoms with van der Waals surface area (Å²) in [5, 5.41) is 0. The number of amides is 2. The average molecular weight is 418 g/mol. The van der Waals surface area contributed by atoms with Gasteiger partial charge in [0.1, 0.15) is 5.69 Å². The van der Waals surface area contributed by atoms with Crippen molar-refractivity contribution in [1.29, 1.82) is 0 Å². The molecule has 1 N–H and O–H groups in total. The van der Waals surface area contributed by atoms with Gasteiger partial charge in [0.2, 0.25) is 17.8 Å². The van der Waals surface area contributed by atoms with E-state index in [2.05, 4.69) is 14.7 Å². The third kappa shape index (κ3) is 4.14. The lowest BCUT2D eigenvalue weighted by Gasteiger charge is -2.20. The molecule has 1 fully saturated rings. The topological polar surface area (TPSA) is 116 Å². The molecule has 0 saturated carbocycles. The number of anilines is 4. The Balaban J connectivity index is 1.88. The van der Waals surface area contributed by atoms with E-state index in [1.807, 2.05) is 0 Å². The summed E-state index contributed by atoms with van der Waals surface area (Å²) in [7, 11) is 3.14. The molecule has 0 bridgehead atoms. The van der Waals surface area contributed by atoms with Crippen LogP contribution in [-0.2, 0) is 19.6 Å². The summed E-state index contributed by atoms with van der Waals surface area (Å²) in [6.45, 7) is 0. The number of hydrogen-bond acceptors (Lipinski definition) is 8. The number of rotatable bonds is 6. The Bertz CT molecular complexity index is 1030. The molecule has 0 spiro atoms. The van der Waals surface area contributed by atoms with E-state index >= 15 is 0 Å². The highest BCUT2D eigenvalue weighted by Crippen LogP contribution is 2.28. The molecule has 154 valence electrons. The lowest BCUT2D eigenvalue weighted by Crippen LogP contribution is -2.28. The first kappa shape index (κ1) is 20.5. The number of imide groups is 1. The highest BCUT2D eigenvalue weighted by Gasteiger charge is 2.30. The summed E-state index contributed by atoms with van der Waals surface area (Å²) in [5.41, 5.74) is 0.582. The van der Waals surface area contributed by atoms with Crippen LogP contribution in [0.25, 0.3) is 0 Å². The molecule has 2 aromatic rings. The van der Waals surface area contributed by atoms with Crippen LogP contribution in [0.2, 0.25) is 0 Å². The summed E-state index contributed by atoms with van der Waals surface area (Å²) >= 11 is 0. The first-order chi connectivity index (χ1) is 13.6. The van der Waals surface area contributed by atoms with Crippen molar-refractivity contribution in [2.75, 3.05) is 47.6 Å². The van der Waals surface area contributed by atoms with E-state index in [1.54, 1.807) is 38.0 Å². The Labute approximate surface area is 169 Å². The number of aromatic nitrogens is 2. The molecule has 2 amide bonds. The van der Waals surface area contributed by atoms with Gasteiger partial charge in [-0.2, -0.15) is 4.98 Å². The molecule has 10 nitrogen and oxygen atoms in total. The molecule has 0 radical (unpaired) electrons. The second kappa shape index (κ2) is 7.66. The van der Waals surface area contributed by atoms with Crippen molar-refractivity contribution in [1.82, 2.24) is 9.97 Å². The van der Waals surface area contributed by atoms with Crippen LogP contribution in [0, 0.1) is 0 Å². The van der Waals surface area contributed by atoms with Crippen LogP contribution in [0.15, 0.2) is 35.4 Å². The first-order valence-corrected chi connectivity index (χ1v) is 10.3. The van der Waals surface area contributed by atoms with Crippen molar-refractivity contribution in [3.05, 3.63) is 30.5 Å². The molecule has 0 unspecified atom stereocenters. The third-order valence-corrected chi connectivity index (χ3v) is 5.66. The van der Waals surface area contributed by atoms with Gasteiger partial charge in [-0.1, -0.05) is 0 Å². The smallest absolute Gasteiger partial charge is 0.262 e. The van der Waals surface area contributed by atoms with Crippen molar-refractivity contribution in [2.45, 2.75) is 17.7 Å². The quantitative estimate of drug-likeness (QED) is 0.693. The molecule has 3 rings (SSSR count). The van der Waals surface area contributed by atoms with Crippen LogP contribution >= 0.6 is 0 Å². The van der Waals surface area contributed by atoms with Crippen molar-refractivity contribution in [2.24, 2.45) is 0 Å². The molecule has 29 heavy (non-hydrogen) atoms. The van der Waals surface area contributed by atoms with Crippen molar-refractivity contribution >= 4 is 45.0 Å².